The van der Waals surface area contributed by atoms with Crippen molar-refractivity contribution in [2.75, 3.05) is 13.1 Å². The second-order valence-corrected chi connectivity index (χ2v) is 4.58. The Morgan fingerprint density at radius 2 is 1.73 bits per heavy atom. The first kappa shape index (κ1) is 10.6. The predicted octanol–water partition coefficient (Wildman–Crippen LogP) is 3.04. The number of hydrogen-bond acceptors (Lipinski definition) is 1. The molecule has 1 saturated heterocycles. The summed E-state index contributed by atoms with van der Waals surface area (Å²) in [6, 6.07) is 10.5. The molecular weight excluding hydrogens is 202 g/mol. The van der Waals surface area contributed by atoms with Crippen molar-refractivity contribution in [3.63, 3.8) is 0 Å². The van der Waals surface area contributed by atoms with Crippen LogP contribution in [0.4, 0.5) is 0 Å². The minimum Gasteiger partial charge on any atom is -0.366 e. The monoisotopic (exact) mass is 219 g/mol. The van der Waals surface area contributed by atoms with Crippen LogP contribution in [0.2, 0.25) is 0 Å². The molecule has 80 valence electrons. The summed E-state index contributed by atoms with van der Waals surface area (Å²) in [6.45, 7) is 2.32. The molecule has 1 nitrogen and oxygen atoms in total. The van der Waals surface area contributed by atoms with Gasteiger partial charge in [-0.05, 0) is 24.8 Å². The molecule has 1 aliphatic heterocycles. The van der Waals surface area contributed by atoms with Crippen molar-refractivity contribution in [3.05, 3.63) is 35.9 Å². The molecule has 0 N–H and O–H groups in total. The summed E-state index contributed by atoms with van der Waals surface area (Å²) < 4.78 is 0. The van der Waals surface area contributed by atoms with E-state index in [2.05, 4.69) is 29.2 Å². The van der Waals surface area contributed by atoms with Crippen LogP contribution < -0.4 is 0 Å². The number of thiocarbonyl (C=S) groups is 1. The lowest BCUT2D eigenvalue weighted by atomic mass is 10.1. The Morgan fingerprint density at radius 1 is 1.07 bits per heavy atom. The highest BCUT2D eigenvalue weighted by atomic mass is 32.1. The molecule has 0 bridgehead atoms. The van der Waals surface area contributed by atoms with Gasteiger partial charge in [-0.3, -0.25) is 0 Å². The van der Waals surface area contributed by atoms with Gasteiger partial charge in [-0.2, -0.15) is 0 Å². The van der Waals surface area contributed by atoms with E-state index in [1.807, 2.05) is 6.07 Å². The molecule has 15 heavy (non-hydrogen) atoms. The fraction of sp³-hybridized carbons (Fsp3) is 0.462. The van der Waals surface area contributed by atoms with Crippen LogP contribution in [0.25, 0.3) is 0 Å². The predicted molar refractivity (Wildman–Crippen MR) is 68.2 cm³/mol. The summed E-state index contributed by atoms with van der Waals surface area (Å²) in [6.07, 6.45) is 4.89. The van der Waals surface area contributed by atoms with Crippen molar-refractivity contribution >= 4 is 17.2 Å². The molecule has 0 radical (unpaired) electrons. The highest BCUT2D eigenvalue weighted by Gasteiger charge is 2.12. The lowest BCUT2D eigenvalue weighted by Gasteiger charge is -2.29. The Bertz CT molecular complexity index is 315. The lowest BCUT2D eigenvalue weighted by Crippen LogP contribution is -2.35. The highest BCUT2D eigenvalue weighted by molar-refractivity contribution is 7.80. The Balaban J connectivity index is 1.91. The molecule has 1 heterocycles. The molecule has 0 amide bonds. The van der Waals surface area contributed by atoms with E-state index in [9.17, 15) is 0 Å². The Labute approximate surface area is 97.1 Å². The Hall–Kier alpha value is -0.890. The molecule has 1 aromatic carbocycles. The molecule has 1 aliphatic rings. The Kier molecular flexibility index (Phi) is 3.73. The third-order valence-electron chi connectivity index (χ3n) is 2.91. The van der Waals surface area contributed by atoms with Gasteiger partial charge >= 0.3 is 0 Å². The standard InChI is InChI=1S/C13H17NS/c15-13(14-9-5-2-6-10-14)11-12-7-3-1-4-8-12/h1,3-4,7-8H,2,5-6,9-11H2. The van der Waals surface area contributed by atoms with Gasteiger partial charge in [-0.15, -0.1) is 0 Å². The first-order valence-corrected chi connectivity index (χ1v) is 6.09. The largest absolute Gasteiger partial charge is 0.366 e. The normalized spacial score (nSPS) is 16.4. The third-order valence-corrected chi connectivity index (χ3v) is 3.31. The average molecular weight is 219 g/mol. The first-order chi connectivity index (χ1) is 7.36. The van der Waals surface area contributed by atoms with E-state index >= 15 is 0 Å². The van der Waals surface area contributed by atoms with Crippen molar-refractivity contribution in [3.8, 4) is 0 Å². The van der Waals surface area contributed by atoms with Gasteiger partial charge in [0.15, 0.2) is 0 Å². The van der Waals surface area contributed by atoms with Crippen LogP contribution in [0.3, 0.4) is 0 Å². The molecule has 0 aromatic heterocycles. The zero-order valence-corrected chi connectivity index (χ0v) is 9.80. The molecule has 0 aliphatic carbocycles. The molecular formula is C13H17NS. The van der Waals surface area contributed by atoms with Gasteiger partial charge in [-0.1, -0.05) is 42.5 Å². The van der Waals surface area contributed by atoms with Gasteiger partial charge < -0.3 is 4.90 Å². The maximum atomic E-state index is 5.48. The van der Waals surface area contributed by atoms with Gasteiger partial charge in [0.05, 0.1) is 4.99 Å². The van der Waals surface area contributed by atoms with Crippen molar-refractivity contribution < 1.29 is 0 Å². The zero-order valence-electron chi connectivity index (χ0n) is 8.98. The molecule has 1 fully saturated rings. The maximum absolute atomic E-state index is 5.48. The topological polar surface area (TPSA) is 3.24 Å². The number of piperidine rings is 1. The summed E-state index contributed by atoms with van der Waals surface area (Å²) in [5, 5.41) is 0. The lowest BCUT2D eigenvalue weighted by molar-refractivity contribution is 0.343. The second-order valence-electron chi connectivity index (χ2n) is 4.10. The van der Waals surface area contributed by atoms with E-state index in [0.717, 1.165) is 24.5 Å². The summed E-state index contributed by atoms with van der Waals surface area (Å²) in [7, 11) is 0. The van der Waals surface area contributed by atoms with E-state index < -0.39 is 0 Å². The molecule has 0 atom stereocenters. The maximum Gasteiger partial charge on any atom is 0.0823 e. The van der Waals surface area contributed by atoms with Crippen LogP contribution in [0, 0.1) is 0 Å². The van der Waals surface area contributed by atoms with Crippen LogP contribution in [0.15, 0.2) is 30.3 Å². The molecule has 1 aromatic rings. The third kappa shape index (κ3) is 3.03. The molecule has 0 unspecified atom stereocenters. The van der Waals surface area contributed by atoms with Gasteiger partial charge in [0, 0.05) is 19.5 Å². The first-order valence-electron chi connectivity index (χ1n) is 5.68. The second kappa shape index (κ2) is 5.26. The molecule has 2 rings (SSSR count). The summed E-state index contributed by atoms with van der Waals surface area (Å²) in [4.78, 5) is 3.48. The van der Waals surface area contributed by atoms with E-state index in [1.54, 1.807) is 0 Å². The highest BCUT2D eigenvalue weighted by Crippen LogP contribution is 2.12. The SMILES string of the molecule is S=C(Cc1ccccc1)N1CCCCC1. The fourth-order valence-electron chi connectivity index (χ4n) is 2.03. The van der Waals surface area contributed by atoms with Gasteiger partial charge in [-0.25, -0.2) is 0 Å². The van der Waals surface area contributed by atoms with Crippen LogP contribution in [0.1, 0.15) is 24.8 Å². The van der Waals surface area contributed by atoms with Crippen LogP contribution in [-0.2, 0) is 6.42 Å². The van der Waals surface area contributed by atoms with Crippen LogP contribution in [0.5, 0.6) is 0 Å². The Morgan fingerprint density at radius 3 is 2.40 bits per heavy atom. The smallest absolute Gasteiger partial charge is 0.0823 e. The number of rotatable bonds is 2. The molecule has 0 spiro atoms. The number of benzene rings is 1. The fourth-order valence-corrected chi connectivity index (χ4v) is 2.37. The van der Waals surface area contributed by atoms with Crippen molar-refractivity contribution in [1.82, 2.24) is 4.90 Å². The van der Waals surface area contributed by atoms with E-state index in [-0.39, 0.29) is 0 Å². The quantitative estimate of drug-likeness (QED) is 0.703. The van der Waals surface area contributed by atoms with E-state index in [1.165, 1.54) is 24.8 Å². The van der Waals surface area contributed by atoms with Crippen molar-refractivity contribution in [1.29, 1.82) is 0 Å². The van der Waals surface area contributed by atoms with E-state index in [4.69, 9.17) is 12.2 Å². The number of likely N-dealkylation sites (tertiary alicyclic amines) is 1. The van der Waals surface area contributed by atoms with Crippen LogP contribution >= 0.6 is 12.2 Å². The summed E-state index contributed by atoms with van der Waals surface area (Å²) in [5.41, 5.74) is 1.33. The number of hydrogen-bond donors (Lipinski definition) is 0. The van der Waals surface area contributed by atoms with Crippen molar-refractivity contribution in [2.24, 2.45) is 0 Å². The minimum absolute atomic E-state index is 0.927. The van der Waals surface area contributed by atoms with E-state index in [0.29, 0.717) is 0 Å². The van der Waals surface area contributed by atoms with Gasteiger partial charge in [0.25, 0.3) is 0 Å². The van der Waals surface area contributed by atoms with Gasteiger partial charge in [0.1, 0.15) is 0 Å². The molecule has 0 saturated carbocycles. The zero-order chi connectivity index (χ0) is 10.5. The molecule has 2 heteroatoms. The average Bonchev–Trinajstić information content (AvgIpc) is 2.31. The minimum atomic E-state index is 0.927. The van der Waals surface area contributed by atoms with Gasteiger partial charge in [0.2, 0.25) is 0 Å². The summed E-state index contributed by atoms with van der Waals surface area (Å²) in [5.74, 6) is 0. The summed E-state index contributed by atoms with van der Waals surface area (Å²) >= 11 is 5.48. The van der Waals surface area contributed by atoms with Crippen molar-refractivity contribution in [2.45, 2.75) is 25.7 Å². The van der Waals surface area contributed by atoms with Crippen LogP contribution in [-0.4, -0.2) is 23.0 Å². The number of nitrogens with zero attached hydrogens (tertiary/aromatic N) is 1.